The van der Waals surface area contributed by atoms with Gasteiger partial charge in [0.2, 0.25) is 0 Å². The second-order valence-electron chi connectivity index (χ2n) is 12.9. The van der Waals surface area contributed by atoms with Crippen molar-refractivity contribution in [3.63, 3.8) is 0 Å². The first kappa shape index (κ1) is 43.6. The topological polar surface area (TPSA) is 107 Å². The highest BCUT2D eigenvalue weighted by Gasteiger charge is 2.23. The van der Waals surface area contributed by atoms with E-state index in [2.05, 4.69) is 26.0 Å². The van der Waals surface area contributed by atoms with Crippen LogP contribution in [0.15, 0.2) is 47.4 Å². The number of carbonyl (C=O) groups is 2. The lowest BCUT2D eigenvalue weighted by molar-refractivity contribution is 0.0464. The van der Waals surface area contributed by atoms with Crippen molar-refractivity contribution in [2.75, 3.05) is 13.2 Å². The normalized spacial score (nSPS) is 11.9. The molecule has 0 radical (unpaired) electrons. The summed E-state index contributed by atoms with van der Waals surface area (Å²) in [6.45, 7) is 4.70. The second-order valence-corrected chi connectivity index (χ2v) is 14.3. The Kier molecular flexibility index (Phi) is 26.7. The third kappa shape index (κ3) is 23.0. The first-order valence-electron chi connectivity index (χ1n) is 19.1. The molecule has 1 rings (SSSR count). The molecule has 7 nitrogen and oxygen atoms in total. The Balaban J connectivity index is 2.36. The van der Waals surface area contributed by atoms with Gasteiger partial charge in [0.05, 0.1) is 29.2 Å². The van der Waals surface area contributed by atoms with Gasteiger partial charge >= 0.3 is 11.9 Å². The number of hydrogen-bond donors (Lipinski definition) is 1. The van der Waals surface area contributed by atoms with E-state index in [1.807, 2.05) is 12.2 Å². The Morgan fingerprint density at radius 1 is 0.542 bits per heavy atom. The fourth-order valence-corrected chi connectivity index (χ4v) is 6.10. The molecule has 0 aromatic heterocycles. The van der Waals surface area contributed by atoms with Crippen LogP contribution in [0.2, 0.25) is 0 Å². The molecule has 0 amide bonds. The summed E-state index contributed by atoms with van der Waals surface area (Å²) in [5.74, 6) is -1.59. The molecule has 0 bridgehead atoms. The monoisotopic (exact) mass is 690 g/mol. The third-order valence-electron chi connectivity index (χ3n) is 8.55. The summed E-state index contributed by atoms with van der Waals surface area (Å²) >= 11 is 0. The minimum atomic E-state index is -4.58. The average Bonchev–Trinajstić information content (AvgIpc) is 3.07. The molecular formula is C40H66O7S. The second kappa shape index (κ2) is 29.5. The number of allylic oxidation sites excluding steroid dienone is 2. The van der Waals surface area contributed by atoms with Gasteiger partial charge in [-0.1, -0.05) is 154 Å². The summed E-state index contributed by atoms with van der Waals surface area (Å²) in [4.78, 5) is 25.2. The van der Waals surface area contributed by atoms with Crippen molar-refractivity contribution >= 4 is 22.1 Å². The lowest BCUT2D eigenvalue weighted by Crippen LogP contribution is -2.16. The van der Waals surface area contributed by atoms with Crippen molar-refractivity contribution in [3.05, 3.63) is 53.6 Å². The summed E-state index contributed by atoms with van der Waals surface area (Å²) in [6.07, 6.45) is 37.1. The Morgan fingerprint density at radius 2 is 0.896 bits per heavy atom. The molecule has 1 aromatic rings. The maximum atomic E-state index is 12.9. The van der Waals surface area contributed by atoms with E-state index in [4.69, 9.17) is 9.47 Å². The summed E-state index contributed by atoms with van der Waals surface area (Å²) in [6, 6.07) is 3.21. The quantitative estimate of drug-likeness (QED) is 0.0357. The zero-order chi connectivity index (χ0) is 35.1. The van der Waals surface area contributed by atoms with Gasteiger partial charge in [0.15, 0.2) is 0 Å². The molecule has 0 atom stereocenters. The molecule has 0 heterocycles. The number of benzene rings is 1. The summed E-state index contributed by atoms with van der Waals surface area (Å²) in [7, 11) is -4.58. The van der Waals surface area contributed by atoms with Crippen LogP contribution >= 0.6 is 0 Å². The minimum absolute atomic E-state index is 0.0851. The number of hydrogen-bond acceptors (Lipinski definition) is 6. The van der Waals surface area contributed by atoms with Crippen LogP contribution < -0.4 is 0 Å². The fourth-order valence-electron chi connectivity index (χ4n) is 5.60. The van der Waals surface area contributed by atoms with Gasteiger partial charge in [0, 0.05) is 0 Å². The summed E-state index contributed by atoms with van der Waals surface area (Å²) in [5, 5.41) is 0. The molecule has 0 saturated carbocycles. The molecule has 0 fully saturated rings. The molecule has 0 aliphatic rings. The van der Waals surface area contributed by atoms with Crippen molar-refractivity contribution in [3.8, 4) is 0 Å². The van der Waals surface area contributed by atoms with E-state index in [1.54, 1.807) is 0 Å². The molecular weight excluding hydrogens is 624 g/mol. The van der Waals surface area contributed by atoms with Gasteiger partial charge in [-0.25, -0.2) is 9.59 Å². The van der Waals surface area contributed by atoms with E-state index in [1.165, 1.54) is 122 Å². The zero-order valence-corrected chi connectivity index (χ0v) is 31.0. The van der Waals surface area contributed by atoms with Crippen LogP contribution in [0.4, 0.5) is 0 Å². The first-order chi connectivity index (χ1) is 23.3. The highest BCUT2D eigenvalue weighted by molar-refractivity contribution is 7.85. The van der Waals surface area contributed by atoms with Gasteiger partial charge in [-0.15, -0.1) is 0 Å². The third-order valence-corrected chi connectivity index (χ3v) is 9.40. The summed E-state index contributed by atoms with van der Waals surface area (Å²) in [5.41, 5.74) is -0.348. The van der Waals surface area contributed by atoms with Crippen LogP contribution in [0, 0.1) is 0 Å². The van der Waals surface area contributed by atoms with Crippen LogP contribution in [-0.2, 0) is 19.6 Å². The standard InChI is InChI=1S/C40H66O7S/c1-3-5-7-9-11-13-15-17-19-21-23-25-27-29-33-46-39(41)37-32-31-36(48(43,44)45)35-38(37)40(42)47-34-30-28-26-24-22-20-18-16-14-12-10-8-6-4-2/h25-28,31-32,35H,3-24,29-30,33-34H2,1-2H3,(H,43,44,45)/b27-25+,28-26+. The van der Waals surface area contributed by atoms with Crippen LogP contribution in [0.3, 0.4) is 0 Å². The lowest BCUT2D eigenvalue weighted by Gasteiger charge is -2.10. The molecule has 0 unspecified atom stereocenters. The van der Waals surface area contributed by atoms with Crippen LogP contribution in [-0.4, -0.2) is 38.1 Å². The van der Waals surface area contributed by atoms with E-state index in [0.717, 1.165) is 37.8 Å². The molecule has 1 aromatic carbocycles. The van der Waals surface area contributed by atoms with Gasteiger partial charge in [-0.3, -0.25) is 4.55 Å². The minimum Gasteiger partial charge on any atom is -0.462 e. The Morgan fingerprint density at radius 3 is 1.29 bits per heavy atom. The highest BCUT2D eigenvalue weighted by Crippen LogP contribution is 2.19. The van der Waals surface area contributed by atoms with Crippen molar-refractivity contribution in [1.29, 1.82) is 0 Å². The Bertz CT molecular complexity index is 1140. The van der Waals surface area contributed by atoms with Crippen molar-refractivity contribution in [1.82, 2.24) is 0 Å². The number of carbonyl (C=O) groups excluding carboxylic acids is 2. The van der Waals surface area contributed by atoms with Crippen molar-refractivity contribution in [2.24, 2.45) is 0 Å². The highest BCUT2D eigenvalue weighted by atomic mass is 32.2. The van der Waals surface area contributed by atoms with E-state index < -0.39 is 27.0 Å². The molecule has 48 heavy (non-hydrogen) atoms. The van der Waals surface area contributed by atoms with E-state index in [9.17, 15) is 22.6 Å². The van der Waals surface area contributed by atoms with E-state index in [0.29, 0.717) is 12.8 Å². The number of rotatable bonds is 31. The first-order valence-corrected chi connectivity index (χ1v) is 20.5. The molecule has 274 valence electrons. The predicted octanol–water partition coefficient (Wildman–Crippen LogP) is 11.8. The smallest absolute Gasteiger partial charge is 0.339 e. The number of esters is 2. The van der Waals surface area contributed by atoms with Gasteiger partial charge in [0.25, 0.3) is 10.1 Å². The molecule has 1 N–H and O–H groups in total. The van der Waals surface area contributed by atoms with E-state index in [-0.39, 0.29) is 24.3 Å². The summed E-state index contributed by atoms with van der Waals surface area (Å²) < 4.78 is 43.6. The fraction of sp³-hybridized carbons (Fsp3) is 0.700. The average molecular weight is 691 g/mol. The zero-order valence-electron chi connectivity index (χ0n) is 30.2. The van der Waals surface area contributed by atoms with Crippen LogP contribution in [0.1, 0.15) is 189 Å². The van der Waals surface area contributed by atoms with E-state index >= 15 is 0 Å². The molecule has 0 aliphatic carbocycles. The molecule has 0 saturated heterocycles. The van der Waals surface area contributed by atoms with Gasteiger partial charge in [-0.05, 0) is 56.7 Å². The van der Waals surface area contributed by atoms with Crippen molar-refractivity contribution < 1.29 is 32.0 Å². The van der Waals surface area contributed by atoms with Gasteiger partial charge in [-0.2, -0.15) is 8.42 Å². The SMILES string of the molecule is CCCCCCCCCCCC/C=C/CCOC(=O)c1ccc(S(=O)(=O)O)cc1C(=O)OCC/C=C/CCCCCCCCCCCC. The molecule has 0 aliphatic heterocycles. The Labute approximate surface area is 293 Å². The van der Waals surface area contributed by atoms with Crippen LogP contribution in [0.25, 0.3) is 0 Å². The Hall–Kier alpha value is -2.45. The molecule has 0 spiro atoms. The maximum absolute atomic E-state index is 12.9. The number of unbranched alkanes of at least 4 members (excludes halogenated alkanes) is 20. The van der Waals surface area contributed by atoms with Crippen LogP contribution in [0.5, 0.6) is 0 Å². The van der Waals surface area contributed by atoms with Gasteiger partial charge < -0.3 is 9.47 Å². The predicted molar refractivity (Wildman–Crippen MR) is 197 cm³/mol. The number of ether oxygens (including phenoxy) is 2. The van der Waals surface area contributed by atoms with Crippen molar-refractivity contribution in [2.45, 2.75) is 173 Å². The molecule has 8 heteroatoms. The largest absolute Gasteiger partial charge is 0.462 e. The van der Waals surface area contributed by atoms with Gasteiger partial charge in [0.1, 0.15) is 0 Å². The maximum Gasteiger partial charge on any atom is 0.339 e. The lowest BCUT2D eigenvalue weighted by atomic mass is 10.1.